The normalized spacial score (nSPS) is 15.6. The second kappa shape index (κ2) is 15.8. The predicted molar refractivity (Wildman–Crippen MR) is 172 cm³/mol. The molecule has 240 valence electrons. The lowest BCUT2D eigenvalue weighted by atomic mass is 9.76. The van der Waals surface area contributed by atoms with Crippen molar-refractivity contribution < 1.29 is 24.3 Å². The Kier molecular flexibility index (Phi) is 13.8. The fourth-order valence-electron chi connectivity index (χ4n) is 5.05. The smallest absolute Gasteiger partial charge is 0.328 e. The van der Waals surface area contributed by atoms with Crippen molar-refractivity contribution in [2.24, 2.45) is 17.3 Å². The van der Waals surface area contributed by atoms with Gasteiger partial charge in [0.2, 0.25) is 17.7 Å². The van der Waals surface area contributed by atoms with Crippen molar-refractivity contribution in [3.63, 3.8) is 0 Å². The van der Waals surface area contributed by atoms with Gasteiger partial charge in [0.15, 0.2) is 0 Å². The highest BCUT2D eigenvalue weighted by molar-refractivity contribution is 5.94. The molecule has 0 aliphatic rings. The number of rotatable bonds is 14. The van der Waals surface area contributed by atoms with Crippen LogP contribution in [0.3, 0.4) is 0 Å². The molecule has 0 bridgehead atoms. The lowest BCUT2D eigenvalue weighted by Gasteiger charge is -2.40. The molecule has 1 rings (SSSR count). The van der Waals surface area contributed by atoms with Gasteiger partial charge in [-0.2, -0.15) is 0 Å². The third-order valence-corrected chi connectivity index (χ3v) is 7.91. The van der Waals surface area contributed by atoms with Crippen LogP contribution in [0.2, 0.25) is 0 Å². The molecule has 0 saturated heterocycles. The number of hydrogen-bond acceptors (Lipinski definition) is 5. The molecular formula is C34H54N4O5. The third-order valence-electron chi connectivity index (χ3n) is 7.91. The number of aliphatic carboxylic acids is 1. The molecule has 0 unspecified atom stereocenters. The van der Waals surface area contributed by atoms with Crippen LogP contribution in [0.25, 0.3) is 0 Å². The summed E-state index contributed by atoms with van der Waals surface area (Å²) in [5, 5.41) is 18.1. The zero-order valence-electron chi connectivity index (χ0n) is 28.1. The largest absolute Gasteiger partial charge is 0.478 e. The molecule has 0 fully saturated rings. The first kappa shape index (κ1) is 37.6. The second-order valence-electron chi connectivity index (χ2n) is 13.6. The molecule has 1 aromatic carbocycles. The summed E-state index contributed by atoms with van der Waals surface area (Å²) in [6, 6.07) is 7.45. The van der Waals surface area contributed by atoms with E-state index in [-0.39, 0.29) is 29.6 Å². The summed E-state index contributed by atoms with van der Waals surface area (Å²) < 4.78 is 0. The van der Waals surface area contributed by atoms with E-state index in [0.717, 1.165) is 11.6 Å². The van der Waals surface area contributed by atoms with E-state index >= 15 is 0 Å². The van der Waals surface area contributed by atoms with E-state index in [0.29, 0.717) is 5.57 Å². The van der Waals surface area contributed by atoms with Crippen molar-refractivity contribution in [1.29, 1.82) is 0 Å². The van der Waals surface area contributed by atoms with Crippen LogP contribution in [0.15, 0.2) is 54.1 Å². The minimum atomic E-state index is -1.09. The Morgan fingerprint density at radius 2 is 1.44 bits per heavy atom. The van der Waals surface area contributed by atoms with E-state index in [2.05, 4.69) is 16.0 Å². The number of nitrogens with one attached hydrogen (secondary N) is 3. The maximum atomic E-state index is 14.1. The number of benzene rings is 1. The van der Waals surface area contributed by atoms with Gasteiger partial charge in [-0.05, 0) is 36.8 Å². The minimum Gasteiger partial charge on any atom is -0.478 e. The van der Waals surface area contributed by atoms with Crippen LogP contribution in [0.4, 0.5) is 0 Å². The molecule has 0 aliphatic heterocycles. The predicted octanol–water partition coefficient (Wildman–Crippen LogP) is 4.29. The summed E-state index contributed by atoms with van der Waals surface area (Å²) >= 11 is 0. The van der Waals surface area contributed by atoms with E-state index in [1.807, 2.05) is 92.6 Å². The SMILES string of the molecule is CN[C@H](C(=O)N[C@H](C(=O)N(C)[C@H](/C=C(\C)C(=O)N[C@H](/C=C/C(=O)O)C(C)C)C(C)C)C(C)(C)C)C(C)(C)c1ccccc1. The average molecular weight is 599 g/mol. The highest BCUT2D eigenvalue weighted by Gasteiger charge is 2.41. The summed E-state index contributed by atoms with van der Waals surface area (Å²) in [5.74, 6) is -2.04. The van der Waals surface area contributed by atoms with Crippen LogP contribution in [-0.2, 0) is 24.6 Å². The second-order valence-corrected chi connectivity index (χ2v) is 13.6. The number of carboxylic acid groups (broad SMARTS) is 1. The van der Waals surface area contributed by atoms with Crippen molar-refractivity contribution in [2.45, 2.75) is 98.8 Å². The van der Waals surface area contributed by atoms with Gasteiger partial charge in [-0.25, -0.2) is 4.79 Å². The van der Waals surface area contributed by atoms with Gasteiger partial charge in [-0.1, -0.05) is 105 Å². The van der Waals surface area contributed by atoms with E-state index in [1.54, 1.807) is 32.0 Å². The van der Waals surface area contributed by atoms with Crippen LogP contribution >= 0.6 is 0 Å². The van der Waals surface area contributed by atoms with Crippen molar-refractivity contribution in [1.82, 2.24) is 20.9 Å². The van der Waals surface area contributed by atoms with Crippen LogP contribution in [0, 0.1) is 17.3 Å². The number of carbonyl (C=O) groups is 4. The first-order valence-electron chi connectivity index (χ1n) is 15.0. The summed E-state index contributed by atoms with van der Waals surface area (Å²) in [6.45, 7) is 19.1. The third kappa shape index (κ3) is 10.6. The van der Waals surface area contributed by atoms with E-state index in [4.69, 9.17) is 5.11 Å². The molecule has 4 N–H and O–H groups in total. The quantitative estimate of drug-likeness (QED) is 0.237. The monoisotopic (exact) mass is 598 g/mol. The van der Waals surface area contributed by atoms with Gasteiger partial charge in [-0.15, -0.1) is 0 Å². The lowest BCUT2D eigenvalue weighted by Crippen LogP contribution is -2.61. The molecule has 9 nitrogen and oxygen atoms in total. The number of carbonyl (C=O) groups excluding carboxylic acids is 3. The molecule has 0 aliphatic carbocycles. The first-order chi connectivity index (χ1) is 19.7. The van der Waals surface area contributed by atoms with Crippen molar-refractivity contribution >= 4 is 23.7 Å². The van der Waals surface area contributed by atoms with Crippen LogP contribution in [0.1, 0.15) is 74.8 Å². The number of carboxylic acids is 1. The summed E-state index contributed by atoms with van der Waals surface area (Å²) in [6.07, 6.45) is 4.24. The number of amides is 3. The van der Waals surface area contributed by atoms with Gasteiger partial charge in [0, 0.05) is 24.1 Å². The molecule has 0 radical (unpaired) electrons. The number of likely N-dealkylation sites (N-methyl/N-ethyl adjacent to an activating group) is 2. The molecular weight excluding hydrogens is 544 g/mol. The Labute approximate surface area is 258 Å². The van der Waals surface area contributed by atoms with E-state index in [9.17, 15) is 19.2 Å². The molecule has 0 heterocycles. The zero-order chi connectivity index (χ0) is 33.3. The molecule has 4 atom stereocenters. The van der Waals surface area contributed by atoms with Crippen LogP contribution in [0.5, 0.6) is 0 Å². The lowest BCUT2D eigenvalue weighted by molar-refractivity contribution is -0.141. The Balaban J connectivity index is 3.30. The van der Waals surface area contributed by atoms with E-state index in [1.165, 1.54) is 6.08 Å². The summed E-state index contributed by atoms with van der Waals surface area (Å²) in [4.78, 5) is 53.5. The molecule has 43 heavy (non-hydrogen) atoms. The Bertz CT molecular complexity index is 1160. The molecule has 1 aromatic rings. The van der Waals surface area contributed by atoms with Crippen molar-refractivity contribution in [3.8, 4) is 0 Å². The Hall–Kier alpha value is -3.46. The highest BCUT2D eigenvalue weighted by Crippen LogP contribution is 2.29. The standard InChI is InChI=1S/C34H54N4O5/c1-21(2)25(18-19-27(39)40)36-30(41)23(5)20-26(22(3)4)38(12)32(43)29(33(6,7)8)37-31(42)28(35-11)34(9,10)24-16-14-13-15-17-24/h13-22,25-26,28-29,35H,1-12H3,(H,36,41)(H,37,42)(H,39,40)/b19-18+,23-20+/t25-,26-,28-,29-/m1/s1. The van der Waals surface area contributed by atoms with Gasteiger partial charge in [0.25, 0.3) is 0 Å². The Morgan fingerprint density at radius 1 is 0.884 bits per heavy atom. The fraction of sp³-hybridized carbons (Fsp3) is 0.588. The first-order valence-corrected chi connectivity index (χ1v) is 15.0. The average Bonchev–Trinajstić information content (AvgIpc) is 2.91. The van der Waals surface area contributed by atoms with Crippen LogP contribution in [-0.4, -0.2) is 72.0 Å². The molecule has 0 aromatic heterocycles. The molecule has 3 amide bonds. The minimum absolute atomic E-state index is 0.0260. The van der Waals surface area contributed by atoms with Gasteiger partial charge >= 0.3 is 5.97 Å². The molecule has 9 heteroatoms. The summed E-state index contributed by atoms with van der Waals surface area (Å²) in [7, 11) is 3.43. The van der Waals surface area contributed by atoms with Gasteiger partial charge < -0.3 is 26.0 Å². The van der Waals surface area contributed by atoms with Gasteiger partial charge in [0.05, 0.1) is 18.1 Å². The van der Waals surface area contributed by atoms with Gasteiger partial charge in [-0.3, -0.25) is 14.4 Å². The maximum absolute atomic E-state index is 14.1. The van der Waals surface area contributed by atoms with Crippen molar-refractivity contribution in [2.75, 3.05) is 14.1 Å². The Morgan fingerprint density at radius 3 is 1.88 bits per heavy atom. The summed E-state index contributed by atoms with van der Waals surface area (Å²) in [5.41, 5.74) is 0.245. The van der Waals surface area contributed by atoms with Crippen molar-refractivity contribution in [3.05, 3.63) is 59.7 Å². The van der Waals surface area contributed by atoms with E-state index < -0.39 is 41.0 Å². The molecule has 0 spiro atoms. The number of hydrogen-bond donors (Lipinski definition) is 4. The zero-order valence-corrected chi connectivity index (χ0v) is 28.1. The topological polar surface area (TPSA) is 128 Å². The van der Waals surface area contributed by atoms with Gasteiger partial charge in [0.1, 0.15) is 6.04 Å². The van der Waals surface area contributed by atoms with Crippen LogP contribution < -0.4 is 16.0 Å². The fourth-order valence-corrected chi connectivity index (χ4v) is 5.05. The number of nitrogens with zero attached hydrogens (tertiary/aromatic N) is 1. The highest BCUT2D eigenvalue weighted by atomic mass is 16.4. The molecule has 0 saturated carbocycles. The maximum Gasteiger partial charge on any atom is 0.328 e.